The molecule has 0 aromatic rings. The first-order valence-corrected chi connectivity index (χ1v) is 4.35. The van der Waals surface area contributed by atoms with Gasteiger partial charge >= 0.3 is 0 Å². The fraction of sp³-hybridized carbons (Fsp3) is 0.889. The van der Waals surface area contributed by atoms with Crippen LogP contribution in [-0.4, -0.2) is 25.5 Å². The maximum absolute atomic E-state index is 11.2. The van der Waals surface area contributed by atoms with Crippen molar-refractivity contribution in [2.24, 2.45) is 11.7 Å². The van der Waals surface area contributed by atoms with E-state index < -0.39 is 6.04 Å². The van der Waals surface area contributed by atoms with Crippen molar-refractivity contribution in [3.05, 3.63) is 0 Å². The van der Waals surface area contributed by atoms with Crippen molar-refractivity contribution >= 4 is 5.78 Å². The van der Waals surface area contributed by atoms with Crippen LogP contribution in [0.15, 0.2) is 0 Å². The smallest absolute Gasteiger partial charge is 0.151 e. The number of carbonyl (C=O) groups is 1. The Balaban J connectivity index is 3.57. The van der Waals surface area contributed by atoms with Crippen molar-refractivity contribution in [1.29, 1.82) is 0 Å². The van der Waals surface area contributed by atoms with E-state index in [0.717, 1.165) is 6.42 Å². The Labute approximate surface area is 74.3 Å². The van der Waals surface area contributed by atoms with Gasteiger partial charge in [-0.25, -0.2) is 0 Å². The van der Waals surface area contributed by atoms with Gasteiger partial charge in [-0.3, -0.25) is 4.79 Å². The Morgan fingerprint density at radius 3 is 2.50 bits per heavy atom. The monoisotopic (exact) mass is 173 g/mol. The number of ketones is 1. The molecule has 0 aliphatic carbocycles. The van der Waals surface area contributed by atoms with Gasteiger partial charge in [-0.2, -0.15) is 0 Å². The molecule has 0 saturated heterocycles. The molecule has 0 saturated carbocycles. The fourth-order valence-corrected chi connectivity index (χ4v) is 0.889. The van der Waals surface area contributed by atoms with Gasteiger partial charge in [-0.15, -0.1) is 0 Å². The Kier molecular flexibility index (Phi) is 5.93. The molecule has 0 aliphatic rings. The highest BCUT2D eigenvalue weighted by molar-refractivity contribution is 5.83. The summed E-state index contributed by atoms with van der Waals surface area (Å²) in [5.74, 6) is 0.661. The van der Waals surface area contributed by atoms with Crippen molar-refractivity contribution < 1.29 is 9.53 Å². The van der Waals surface area contributed by atoms with Crippen molar-refractivity contribution in [3.63, 3.8) is 0 Å². The fourth-order valence-electron chi connectivity index (χ4n) is 0.889. The Morgan fingerprint density at radius 2 is 2.08 bits per heavy atom. The molecule has 12 heavy (non-hydrogen) atoms. The molecule has 3 nitrogen and oxygen atoms in total. The number of hydrogen-bond acceptors (Lipinski definition) is 3. The van der Waals surface area contributed by atoms with E-state index in [9.17, 15) is 4.79 Å². The molecule has 0 rings (SSSR count). The van der Waals surface area contributed by atoms with Crippen molar-refractivity contribution in [2.45, 2.75) is 32.7 Å². The number of hydrogen-bond donors (Lipinski definition) is 1. The minimum absolute atomic E-state index is 0.102. The summed E-state index contributed by atoms with van der Waals surface area (Å²) in [5, 5.41) is 0. The van der Waals surface area contributed by atoms with E-state index in [-0.39, 0.29) is 5.78 Å². The first kappa shape index (κ1) is 11.6. The third-order valence-corrected chi connectivity index (χ3v) is 1.73. The van der Waals surface area contributed by atoms with Crippen molar-refractivity contribution in [2.75, 3.05) is 13.7 Å². The number of ether oxygens (including phenoxy) is 1. The highest BCUT2D eigenvalue weighted by atomic mass is 16.5. The highest BCUT2D eigenvalue weighted by Crippen LogP contribution is 2.04. The van der Waals surface area contributed by atoms with Crippen LogP contribution in [0.1, 0.15) is 26.7 Å². The summed E-state index contributed by atoms with van der Waals surface area (Å²) in [6, 6.07) is -0.436. The maximum Gasteiger partial charge on any atom is 0.151 e. The molecular formula is C9H19NO2. The predicted molar refractivity (Wildman–Crippen MR) is 48.9 cm³/mol. The van der Waals surface area contributed by atoms with E-state index in [1.54, 1.807) is 7.11 Å². The van der Waals surface area contributed by atoms with Crippen LogP contribution in [0.5, 0.6) is 0 Å². The Hall–Kier alpha value is -0.410. The zero-order valence-corrected chi connectivity index (χ0v) is 8.17. The molecule has 0 spiro atoms. The summed E-state index contributed by atoms with van der Waals surface area (Å²) in [6.07, 6.45) is 1.48. The van der Waals surface area contributed by atoms with Crippen LogP contribution in [0, 0.1) is 5.92 Å². The number of methoxy groups -OCH3 is 1. The average molecular weight is 173 g/mol. The zero-order chi connectivity index (χ0) is 9.56. The van der Waals surface area contributed by atoms with Gasteiger partial charge in [0, 0.05) is 13.5 Å². The molecule has 3 heteroatoms. The minimum atomic E-state index is -0.436. The highest BCUT2D eigenvalue weighted by Gasteiger charge is 2.12. The number of nitrogens with two attached hydrogens (primary N) is 1. The number of Topliss-reactive ketones (excluding diaryl/α,β-unsaturated/α-hetero) is 1. The molecule has 2 N–H and O–H groups in total. The molecule has 0 amide bonds. The molecule has 0 fully saturated rings. The first-order valence-electron chi connectivity index (χ1n) is 4.35. The molecule has 1 unspecified atom stereocenters. The lowest BCUT2D eigenvalue weighted by Gasteiger charge is -2.09. The summed E-state index contributed by atoms with van der Waals surface area (Å²) < 4.78 is 4.79. The van der Waals surface area contributed by atoms with Gasteiger partial charge < -0.3 is 10.5 Å². The van der Waals surface area contributed by atoms with Gasteiger partial charge in [0.15, 0.2) is 5.78 Å². The van der Waals surface area contributed by atoms with Gasteiger partial charge in [0.25, 0.3) is 0 Å². The standard InChI is InChI=1S/C9H19NO2/c1-7(2)4-5-9(11)8(10)6-12-3/h7-8H,4-6,10H2,1-3H3. The number of rotatable bonds is 6. The SMILES string of the molecule is COCC(N)C(=O)CCC(C)C. The van der Waals surface area contributed by atoms with E-state index in [4.69, 9.17) is 10.5 Å². The van der Waals surface area contributed by atoms with E-state index in [0.29, 0.717) is 18.9 Å². The number of carbonyl (C=O) groups excluding carboxylic acids is 1. The van der Waals surface area contributed by atoms with Crippen LogP contribution in [0.2, 0.25) is 0 Å². The van der Waals surface area contributed by atoms with Crippen LogP contribution < -0.4 is 5.73 Å². The molecule has 0 radical (unpaired) electrons. The lowest BCUT2D eigenvalue weighted by molar-refractivity contribution is -0.121. The van der Waals surface area contributed by atoms with Crippen LogP contribution in [0.25, 0.3) is 0 Å². The second-order valence-electron chi connectivity index (χ2n) is 3.46. The second kappa shape index (κ2) is 6.14. The van der Waals surface area contributed by atoms with E-state index >= 15 is 0 Å². The largest absolute Gasteiger partial charge is 0.383 e. The maximum atomic E-state index is 11.2. The van der Waals surface area contributed by atoms with E-state index in [1.807, 2.05) is 0 Å². The van der Waals surface area contributed by atoms with Crippen LogP contribution in [0.4, 0.5) is 0 Å². The summed E-state index contributed by atoms with van der Waals surface area (Å²) in [5.41, 5.74) is 5.54. The van der Waals surface area contributed by atoms with Crippen LogP contribution >= 0.6 is 0 Å². The molecule has 0 aromatic carbocycles. The minimum Gasteiger partial charge on any atom is -0.383 e. The lowest BCUT2D eigenvalue weighted by Crippen LogP contribution is -2.34. The summed E-state index contributed by atoms with van der Waals surface area (Å²) in [4.78, 5) is 11.2. The summed E-state index contributed by atoms with van der Waals surface area (Å²) in [6.45, 7) is 4.52. The van der Waals surface area contributed by atoms with Crippen molar-refractivity contribution in [1.82, 2.24) is 0 Å². The van der Waals surface area contributed by atoms with Crippen molar-refractivity contribution in [3.8, 4) is 0 Å². The van der Waals surface area contributed by atoms with Gasteiger partial charge in [0.1, 0.15) is 0 Å². The Morgan fingerprint density at radius 1 is 1.50 bits per heavy atom. The summed E-state index contributed by atoms with van der Waals surface area (Å²) >= 11 is 0. The van der Waals surface area contributed by atoms with E-state index in [2.05, 4.69) is 13.8 Å². The topological polar surface area (TPSA) is 52.3 Å². The van der Waals surface area contributed by atoms with Gasteiger partial charge in [-0.05, 0) is 12.3 Å². The molecule has 0 aliphatic heterocycles. The molecule has 0 aromatic heterocycles. The van der Waals surface area contributed by atoms with Crippen LogP contribution in [0.3, 0.4) is 0 Å². The average Bonchev–Trinajstić information content (AvgIpc) is 2.00. The molecule has 0 heterocycles. The van der Waals surface area contributed by atoms with E-state index in [1.165, 1.54) is 0 Å². The molecule has 0 bridgehead atoms. The molecular weight excluding hydrogens is 154 g/mol. The van der Waals surface area contributed by atoms with Gasteiger partial charge in [0.2, 0.25) is 0 Å². The van der Waals surface area contributed by atoms with Gasteiger partial charge in [0.05, 0.1) is 12.6 Å². The molecule has 72 valence electrons. The normalized spacial score (nSPS) is 13.4. The quantitative estimate of drug-likeness (QED) is 0.651. The van der Waals surface area contributed by atoms with Gasteiger partial charge in [-0.1, -0.05) is 13.8 Å². The first-order chi connectivity index (χ1) is 5.57. The molecule has 1 atom stereocenters. The van der Waals surface area contributed by atoms with Crippen LogP contribution in [-0.2, 0) is 9.53 Å². The Bertz CT molecular complexity index is 134. The lowest BCUT2D eigenvalue weighted by atomic mass is 10.0. The second-order valence-corrected chi connectivity index (χ2v) is 3.46. The third kappa shape index (κ3) is 5.27. The predicted octanol–water partition coefficient (Wildman–Crippen LogP) is 0.965. The summed E-state index contributed by atoms with van der Waals surface area (Å²) in [7, 11) is 1.55. The zero-order valence-electron chi connectivity index (χ0n) is 8.17. The third-order valence-electron chi connectivity index (χ3n) is 1.73.